The Morgan fingerprint density at radius 3 is 2.51 bits per heavy atom. The molecule has 2 N–H and O–H groups in total. The van der Waals surface area contributed by atoms with Gasteiger partial charge in [0.2, 0.25) is 5.43 Å². The van der Waals surface area contributed by atoms with E-state index in [1.54, 1.807) is 25.6 Å². The number of nitrogens with two attached hydrogens (primary N) is 1. The van der Waals surface area contributed by atoms with Crippen LogP contribution in [0.25, 0.3) is 44.3 Å². The van der Waals surface area contributed by atoms with Crippen LogP contribution in [0.5, 0.6) is 5.75 Å². The third-order valence-electron chi connectivity index (χ3n) is 6.62. The van der Waals surface area contributed by atoms with E-state index in [1.807, 2.05) is 84.4 Å². The van der Waals surface area contributed by atoms with E-state index in [1.165, 1.54) is 0 Å². The molecule has 0 bridgehead atoms. The van der Waals surface area contributed by atoms with Crippen molar-refractivity contribution in [2.45, 2.75) is 13.0 Å². The van der Waals surface area contributed by atoms with Crippen molar-refractivity contribution in [1.29, 1.82) is 0 Å². The molecule has 37 heavy (non-hydrogen) atoms. The number of hydrogen-bond acceptors (Lipinski definition) is 6. The molecule has 0 saturated heterocycles. The Labute approximate surface area is 212 Å². The molecule has 6 aromatic rings. The van der Waals surface area contributed by atoms with Crippen molar-refractivity contribution in [3.8, 4) is 28.1 Å². The van der Waals surface area contributed by atoms with E-state index in [4.69, 9.17) is 20.0 Å². The third-order valence-corrected chi connectivity index (χ3v) is 6.62. The molecule has 0 aliphatic heterocycles. The quantitative estimate of drug-likeness (QED) is 0.316. The summed E-state index contributed by atoms with van der Waals surface area (Å²) in [6, 6.07) is 24.1. The minimum absolute atomic E-state index is 0.0861. The normalized spacial score (nSPS) is 12.2. The molecule has 3 aromatic carbocycles. The van der Waals surface area contributed by atoms with Crippen LogP contribution in [0, 0.1) is 0 Å². The van der Waals surface area contributed by atoms with Gasteiger partial charge in [-0.05, 0) is 36.8 Å². The molecule has 0 fully saturated rings. The first-order valence-corrected chi connectivity index (χ1v) is 11.9. The average Bonchev–Trinajstić information content (AvgIpc) is 3.34. The fraction of sp³-hybridized carbons (Fsp3) is 0.100. The SMILES string of the molecule is COc1cccc(-c2nn(C(C)c3oc4ccccc4c(=O)c3-c3ccccc3)c3cncc(N)c23)c1. The summed E-state index contributed by atoms with van der Waals surface area (Å²) in [5.74, 6) is 1.23. The second-order valence-electron chi connectivity index (χ2n) is 8.86. The van der Waals surface area contributed by atoms with Gasteiger partial charge in [0.15, 0.2) is 0 Å². The van der Waals surface area contributed by atoms with E-state index in [9.17, 15) is 4.79 Å². The molecule has 3 heterocycles. The van der Waals surface area contributed by atoms with Crippen LogP contribution in [0.4, 0.5) is 5.69 Å². The van der Waals surface area contributed by atoms with Gasteiger partial charge in [0.05, 0.1) is 47.0 Å². The topological polar surface area (TPSA) is 96.2 Å². The van der Waals surface area contributed by atoms with Crippen LogP contribution in [-0.2, 0) is 0 Å². The predicted molar refractivity (Wildman–Crippen MR) is 146 cm³/mol. The maximum Gasteiger partial charge on any atom is 0.200 e. The van der Waals surface area contributed by atoms with Gasteiger partial charge in [-0.2, -0.15) is 5.10 Å². The molecule has 7 nitrogen and oxygen atoms in total. The number of para-hydroxylation sites is 1. The summed E-state index contributed by atoms with van der Waals surface area (Å²) in [4.78, 5) is 18.1. The second-order valence-corrected chi connectivity index (χ2v) is 8.86. The number of hydrogen-bond donors (Lipinski definition) is 1. The molecule has 0 aliphatic carbocycles. The van der Waals surface area contributed by atoms with Crippen LogP contribution < -0.4 is 15.9 Å². The third kappa shape index (κ3) is 3.72. The summed E-state index contributed by atoms with van der Waals surface area (Å²) < 4.78 is 13.7. The Bertz CT molecular complexity index is 1820. The van der Waals surface area contributed by atoms with Gasteiger partial charge in [0.25, 0.3) is 0 Å². The lowest BCUT2D eigenvalue weighted by Gasteiger charge is -2.17. The highest BCUT2D eigenvalue weighted by atomic mass is 16.5. The fourth-order valence-corrected chi connectivity index (χ4v) is 4.82. The number of rotatable bonds is 5. The molecule has 0 aliphatic rings. The molecule has 1 unspecified atom stereocenters. The molecule has 182 valence electrons. The molecule has 0 spiro atoms. The van der Waals surface area contributed by atoms with E-state index >= 15 is 0 Å². The number of nitrogen functional groups attached to an aromatic ring is 1. The molecule has 1 atom stereocenters. The Balaban J connectivity index is 1.63. The zero-order chi connectivity index (χ0) is 25.5. The average molecular weight is 489 g/mol. The molecule has 0 radical (unpaired) electrons. The van der Waals surface area contributed by atoms with Crippen LogP contribution in [-0.4, -0.2) is 21.9 Å². The first-order chi connectivity index (χ1) is 18.1. The smallest absolute Gasteiger partial charge is 0.200 e. The summed E-state index contributed by atoms with van der Waals surface area (Å²) in [6.07, 6.45) is 3.36. The van der Waals surface area contributed by atoms with Crippen molar-refractivity contribution in [3.63, 3.8) is 0 Å². The number of benzene rings is 3. The number of ether oxygens (including phenoxy) is 1. The molecule has 3 aromatic heterocycles. The Morgan fingerprint density at radius 1 is 0.946 bits per heavy atom. The van der Waals surface area contributed by atoms with Crippen molar-refractivity contribution in [2.24, 2.45) is 0 Å². The van der Waals surface area contributed by atoms with Crippen LogP contribution in [0.3, 0.4) is 0 Å². The van der Waals surface area contributed by atoms with Crippen LogP contribution in [0.1, 0.15) is 18.7 Å². The van der Waals surface area contributed by atoms with E-state index in [0.29, 0.717) is 39.4 Å². The molecule has 6 rings (SSSR count). The number of methoxy groups -OCH3 is 1. The lowest BCUT2D eigenvalue weighted by atomic mass is 9.99. The van der Waals surface area contributed by atoms with Crippen molar-refractivity contribution in [1.82, 2.24) is 14.8 Å². The van der Waals surface area contributed by atoms with Gasteiger partial charge in [0, 0.05) is 5.56 Å². The minimum Gasteiger partial charge on any atom is -0.497 e. The van der Waals surface area contributed by atoms with Crippen molar-refractivity contribution in [2.75, 3.05) is 12.8 Å². The van der Waals surface area contributed by atoms with Crippen LogP contribution in [0.2, 0.25) is 0 Å². The lowest BCUT2D eigenvalue weighted by molar-refractivity contribution is 0.415. The van der Waals surface area contributed by atoms with Gasteiger partial charge in [-0.1, -0.05) is 54.6 Å². The van der Waals surface area contributed by atoms with Gasteiger partial charge < -0.3 is 14.9 Å². The number of fused-ring (bicyclic) bond motifs is 2. The summed E-state index contributed by atoms with van der Waals surface area (Å²) in [7, 11) is 1.63. The van der Waals surface area contributed by atoms with Gasteiger partial charge in [0.1, 0.15) is 28.8 Å². The maximum atomic E-state index is 13.8. The maximum absolute atomic E-state index is 13.8. The Hall–Kier alpha value is -4.91. The standard InChI is InChI=1S/C30H24N4O3/c1-18(30-26(19-9-4-3-5-10-19)29(35)22-13-6-7-14-25(22)37-30)34-24-17-32-16-23(31)27(24)28(33-34)20-11-8-12-21(15-20)36-2/h3-18H,31H2,1-2H3. The first kappa shape index (κ1) is 22.5. The van der Waals surface area contributed by atoms with Crippen molar-refractivity contribution in [3.05, 3.63) is 107 Å². The largest absolute Gasteiger partial charge is 0.497 e. The number of aromatic nitrogens is 3. The van der Waals surface area contributed by atoms with Gasteiger partial charge >= 0.3 is 0 Å². The lowest BCUT2D eigenvalue weighted by Crippen LogP contribution is -2.16. The van der Waals surface area contributed by atoms with Crippen molar-refractivity contribution >= 4 is 27.6 Å². The number of nitrogens with zero attached hydrogens (tertiary/aromatic N) is 3. The molecule has 7 heteroatoms. The minimum atomic E-state index is -0.446. The second kappa shape index (κ2) is 8.95. The summed E-state index contributed by atoms with van der Waals surface area (Å²) >= 11 is 0. The monoisotopic (exact) mass is 488 g/mol. The number of pyridine rings is 1. The van der Waals surface area contributed by atoms with Crippen molar-refractivity contribution < 1.29 is 9.15 Å². The zero-order valence-electron chi connectivity index (χ0n) is 20.4. The highest BCUT2D eigenvalue weighted by Crippen LogP contribution is 2.37. The fourth-order valence-electron chi connectivity index (χ4n) is 4.82. The zero-order valence-corrected chi connectivity index (χ0v) is 20.4. The molecule has 0 amide bonds. The van der Waals surface area contributed by atoms with Gasteiger partial charge in [-0.15, -0.1) is 0 Å². The summed E-state index contributed by atoms with van der Waals surface area (Å²) in [6.45, 7) is 1.96. The van der Waals surface area contributed by atoms with Gasteiger partial charge in [-0.25, -0.2) is 0 Å². The van der Waals surface area contributed by atoms with Crippen LogP contribution in [0.15, 0.2) is 100 Å². The van der Waals surface area contributed by atoms with Crippen LogP contribution >= 0.6 is 0 Å². The van der Waals surface area contributed by atoms with E-state index in [2.05, 4.69) is 4.98 Å². The molecule has 0 saturated carbocycles. The highest BCUT2D eigenvalue weighted by molar-refractivity contribution is 6.01. The Morgan fingerprint density at radius 2 is 1.70 bits per heavy atom. The first-order valence-electron chi connectivity index (χ1n) is 11.9. The Kier molecular flexibility index (Phi) is 5.45. The summed E-state index contributed by atoms with van der Waals surface area (Å²) in [5.41, 5.74) is 11.0. The summed E-state index contributed by atoms with van der Waals surface area (Å²) in [5, 5.41) is 6.31. The number of anilines is 1. The molecular formula is C30H24N4O3. The predicted octanol–water partition coefficient (Wildman–Crippen LogP) is 6.07. The highest BCUT2D eigenvalue weighted by Gasteiger charge is 2.26. The van der Waals surface area contributed by atoms with Gasteiger partial charge in [-0.3, -0.25) is 14.5 Å². The molecular weight excluding hydrogens is 464 g/mol. The van der Waals surface area contributed by atoms with E-state index in [0.717, 1.165) is 22.0 Å². The van der Waals surface area contributed by atoms with E-state index < -0.39 is 6.04 Å². The van der Waals surface area contributed by atoms with E-state index in [-0.39, 0.29) is 5.43 Å².